The molecule has 4 aromatic rings. The van der Waals surface area contributed by atoms with Crippen molar-refractivity contribution in [2.45, 2.75) is 19.9 Å². The molecule has 0 radical (unpaired) electrons. The Hall–Kier alpha value is -4.37. The number of nitrogens with zero attached hydrogens (tertiary/aromatic N) is 2. The second kappa shape index (κ2) is 10.2. The van der Waals surface area contributed by atoms with E-state index in [1.54, 1.807) is 43.7 Å². The first-order valence-electron chi connectivity index (χ1n) is 12.0. The Morgan fingerprint density at radius 3 is 2.53 bits per heavy atom. The van der Waals surface area contributed by atoms with Crippen LogP contribution >= 0.6 is 11.3 Å². The summed E-state index contributed by atoms with van der Waals surface area (Å²) in [5.41, 5.74) is 1.95. The molecule has 0 fully saturated rings. The number of hydrogen-bond acceptors (Lipinski definition) is 8. The highest BCUT2D eigenvalue weighted by Crippen LogP contribution is 2.38. The number of ether oxygens (including phenoxy) is 3. The Morgan fingerprint density at radius 1 is 1.08 bits per heavy atom. The summed E-state index contributed by atoms with van der Waals surface area (Å²) < 4.78 is 18.2. The van der Waals surface area contributed by atoms with Gasteiger partial charge < -0.3 is 19.3 Å². The number of methoxy groups -OCH3 is 2. The maximum absolute atomic E-state index is 13.9. The van der Waals surface area contributed by atoms with Gasteiger partial charge in [-0.1, -0.05) is 47.7 Å². The highest BCUT2D eigenvalue weighted by atomic mass is 32.1. The molecule has 3 aromatic carbocycles. The first-order chi connectivity index (χ1) is 18.4. The number of phenols is 1. The summed E-state index contributed by atoms with van der Waals surface area (Å²) >= 11 is 1.23. The lowest BCUT2D eigenvalue weighted by atomic mass is 9.91. The first kappa shape index (κ1) is 25.3. The second-order valence-electron chi connectivity index (χ2n) is 8.64. The van der Waals surface area contributed by atoms with Crippen LogP contribution in [0.5, 0.6) is 17.2 Å². The molecule has 0 aliphatic carbocycles. The van der Waals surface area contributed by atoms with E-state index in [2.05, 4.69) is 4.99 Å². The van der Waals surface area contributed by atoms with Crippen LogP contribution in [0.15, 0.2) is 75.7 Å². The van der Waals surface area contributed by atoms with E-state index in [1.165, 1.54) is 24.5 Å². The predicted molar refractivity (Wildman–Crippen MR) is 146 cm³/mol. The van der Waals surface area contributed by atoms with Gasteiger partial charge in [-0.05, 0) is 54.6 Å². The SMILES string of the molecule is CCOC(=O)C1=C(C)N=c2s/c(=C/c3ccc(O)c(OC)c3)c(=O)n2[C@@H]1c1ccc(OC)c2ccccc12. The lowest BCUT2D eigenvalue weighted by molar-refractivity contribution is -0.139. The van der Waals surface area contributed by atoms with Gasteiger partial charge in [0, 0.05) is 5.39 Å². The zero-order valence-electron chi connectivity index (χ0n) is 21.3. The minimum atomic E-state index is -0.752. The van der Waals surface area contributed by atoms with Crippen molar-refractivity contribution in [3.05, 3.63) is 96.7 Å². The van der Waals surface area contributed by atoms with Crippen molar-refractivity contribution in [1.82, 2.24) is 4.57 Å². The first-order valence-corrected chi connectivity index (χ1v) is 12.8. The molecule has 8 nitrogen and oxygen atoms in total. The van der Waals surface area contributed by atoms with E-state index in [4.69, 9.17) is 14.2 Å². The minimum Gasteiger partial charge on any atom is -0.504 e. The fourth-order valence-electron chi connectivity index (χ4n) is 4.73. The van der Waals surface area contributed by atoms with Gasteiger partial charge in [-0.2, -0.15) is 0 Å². The van der Waals surface area contributed by atoms with Gasteiger partial charge in [0.05, 0.1) is 42.7 Å². The number of esters is 1. The van der Waals surface area contributed by atoms with Crippen molar-refractivity contribution >= 4 is 34.2 Å². The molecule has 2 heterocycles. The molecule has 1 N–H and O–H groups in total. The lowest BCUT2D eigenvalue weighted by Crippen LogP contribution is -2.40. The lowest BCUT2D eigenvalue weighted by Gasteiger charge is -2.26. The Bertz CT molecular complexity index is 1780. The van der Waals surface area contributed by atoms with Crippen molar-refractivity contribution in [3.63, 3.8) is 0 Å². The van der Waals surface area contributed by atoms with Crippen LogP contribution in [0.25, 0.3) is 16.8 Å². The third-order valence-electron chi connectivity index (χ3n) is 6.45. The van der Waals surface area contributed by atoms with E-state index in [1.807, 2.05) is 36.4 Å². The third-order valence-corrected chi connectivity index (χ3v) is 7.43. The van der Waals surface area contributed by atoms with E-state index >= 15 is 0 Å². The van der Waals surface area contributed by atoms with Crippen LogP contribution in [-0.2, 0) is 9.53 Å². The highest BCUT2D eigenvalue weighted by molar-refractivity contribution is 7.07. The molecular formula is C29H26N2O6S. The molecule has 0 bridgehead atoms. The third kappa shape index (κ3) is 4.24. The van der Waals surface area contributed by atoms with Gasteiger partial charge in [0.15, 0.2) is 16.3 Å². The number of fused-ring (bicyclic) bond motifs is 2. The minimum absolute atomic E-state index is 0.00666. The molecule has 5 rings (SSSR count). The number of allylic oxidation sites excluding steroid dienone is 1. The number of aromatic nitrogens is 1. The molecule has 0 saturated carbocycles. The monoisotopic (exact) mass is 530 g/mol. The molecule has 0 amide bonds. The molecule has 1 aromatic heterocycles. The highest BCUT2D eigenvalue weighted by Gasteiger charge is 2.34. The molecule has 1 aliphatic rings. The molecule has 194 valence electrons. The standard InChI is InChI=1S/C29H26N2O6S/c1-5-37-28(34)25-16(2)30-29-31(26(25)20-11-13-22(35-3)19-9-7-6-8-18(19)20)27(33)24(38-29)15-17-10-12-21(32)23(14-17)36-4/h6-15,26,32H,5H2,1-4H3/b24-15+/t26-/m1/s1. The molecule has 1 atom stereocenters. The molecule has 0 saturated heterocycles. The van der Waals surface area contributed by atoms with E-state index in [0.29, 0.717) is 37.7 Å². The van der Waals surface area contributed by atoms with Crippen molar-refractivity contribution in [3.8, 4) is 17.2 Å². The largest absolute Gasteiger partial charge is 0.504 e. The molecule has 0 spiro atoms. The Morgan fingerprint density at radius 2 is 1.82 bits per heavy atom. The number of phenolic OH excluding ortho intramolecular Hbond substituents is 1. The van der Waals surface area contributed by atoms with Gasteiger partial charge in [0.25, 0.3) is 5.56 Å². The zero-order valence-corrected chi connectivity index (χ0v) is 22.2. The van der Waals surface area contributed by atoms with Gasteiger partial charge in [0.2, 0.25) is 0 Å². The van der Waals surface area contributed by atoms with E-state index in [9.17, 15) is 14.7 Å². The van der Waals surface area contributed by atoms with Crippen LogP contribution in [0.2, 0.25) is 0 Å². The van der Waals surface area contributed by atoms with Gasteiger partial charge in [-0.3, -0.25) is 9.36 Å². The fourth-order valence-corrected chi connectivity index (χ4v) is 5.78. The van der Waals surface area contributed by atoms with Crippen molar-refractivity contribution in [1.29, 1.82) is 0 Å². The number of rotatable bonds is 6. The molecule has 0 unspecified atom stereocenters. The second-order valence-corrected chi connectivity index (χ2v) is 9.65. The van der Waals surface area contributed by atoms with Crippen LogP contribution in [0.3, 0.4) is 0 Å². The summed E-state index contributed by atoms with van der Waals surface area (Å²) in [5, 5.41) is 11.7. The number of aromatic hydroxyl groups is 1. The predicted octanol–water partition coefficient (Wildman–Crippen LogP) is 3.67. The van der Waals surface area contributed by atoms with Crippen molar-refractivity contribution in [2.75, 3.05) is 20.8 Å². The van der Waals surface area contributed by atoms with Gasteiger partial charge in [-0.25, -0.2) is 9.79 Å². The van der Waals surface area contributed by atoms with Crippen LogP contribution < -0.4 is 24.4 Å². The summed E-state index contributed by atoms with van der Waals surface area (Å²) in [6.07, 6.45) is 1.72. The maximum Gasteiger partial charge on any atom is 0.338 e. The van der Waals surface area contributed by atoms with Crippen molar-refractivity contribution in [2.24, 2.45) is 4.99 Å². The smallest absolute Gasteiger partial charge is 0.338 e. The fraction of sp³-hybridized carbons (Fsp3) is 0.207. The van der Waals surface area contributed by atoms with Crippen LogP contribution in [0, 0.1) is 0 Å². The topological polar surface area (TPSA) is 99.4 Å². The Kier molecular flexibility index (Phi) is 6.77. The summed E-state index contributed by atoms with van der Waals surface area (Å²) in [5.74, 6) is 0.481. The van der Waals surface area contributed by atoms with Gasteiger partial charge in [0.1, 0.15) is 5.75 Å². The Balaban J connectivity index is 1.80. The van der Waals surface area contributed by atoms with Crippen LogP contribution in [0.1, 0.15) is 31.0 Å². The number of benzene rings is 3. The molecular weight excluding hydrogens is 504 g/mol. The number of thiazole rings is 1. The van der Waals surface area contributed by atoms with Crippen LogP contribution in [-0.4, -0.2) is 36.5 Å². The molecule has 1 aliphatic heterocycles. The quantitative estimate of drug-likeness (QED) is 0.382. The van der Waals surface area contributed by atoms with Gasteiger partial charge >= 0.3 is 5.97 Å². The van der Waals surface area contributed by atoms with Gasteiger partial charge in [-0.15, -0.1) is 0 Å². The number of carbonyl (C=O) groups is 1. The summed E-state index contributed by atoms with van der Waals surface area (Å²) in [7, 11) is 3.07. The Labute approximate surface area is 222 Å². The average Bonchev–Trinajstić information content (AvgIpc) is 3.22. The van der Waals surface area contributed by atoms with E-state index in [-0.39, 0.29) is 17.9 Å². The van der Waals surface area contributed by atoms with Crippen molar-refractivity contribution < 1.29 is 24.1 Å². The van der Waals surface area contributed by atoms with E-state index in [0.717, 1.165) is 16.3 Å². The summed E-state index contributed by atoms with van der Waals surface area (Å²) in [4.78, 5) is 32.3. The molecule has 9 heteroatoms. The maximum atomic E-state index is 13.9. The average molecular weight is 531 g/mol. The number of carbonyl (C=O) groups excluding carboxylic acids is 1. The molecule has 38 heavy (non-hydrogen) atoms. The summed E-state index contributed by atoms with van der Waals surface area (Å²) in [6.45, 7) is 3.69. The normalized spacial score (nSPS) is 15.3. The van der Waals surface area contributed by atoms with E-state index < -0.39 is 12.0 Å². The zero-order chi connectivity index (χ0) is 27.0. The van der Waals surface area contributed by atoms with Crippen LogP contribution in [0.4, 0.5) is 0 Å². The number of hydrogen-bond donors (Lipinski definition) is 1. The summed E-state index contributed by atoms with van der Waals surface area (Å²) in [6, 6.07) is 15.5.